The first-order valence-corrected chi connectivity index (χ1v) is 7.88. The van der Waals surface area contributed by atoms with Gasteiger partial charge >= 0.3 is 0 Å². The molecule has 0 spiro atoms. The maximum Gasteiger partial charge on any atom is 0.189 e. The molecule has 2 aromatic rings. The molecule has 0 N–H and O–H groups in total. The third-order valence-electron chi connectivity index (χ3n) is 3.44. The van der Waals surface area contributed by atoms with Gasteiger partial charge in [-0.3, -0.25) is 9.48 Å². The minimum atomic E-state index is -0.0504. The van der Waals surface area contributed by atoms with Crippen LogP contribution in [0.25, 0.3) is 6.08 Å². The van der Waals surface area contributed by atoms with Gasteiger partial charge in [0, 0.05) is 22.8 Å². The van der Waals surface area contributed by atoms with Gasteiger partial charge in [-0.15, -0.1) is 0 Å². The molecule has 0 bridgehead atoms. The van der Waals surface area contributed by atoms with Crippen LogP contribution in [-0.4, -0.2) is 22.2 Å². The summed E-state index contributed by atoms with van der Waals surface area (Å²) >= 11 is 3.44. The third kappa shape index (κ3) is 3.47. The molecule has 0 radical (unpaired) electrons. The molecular formula is C17H19BrN2O2. The van der Waals surface area contributed by atoms with Crippen molar-refractivity contribution in [2.24, 2.45) is 7.05 Å². The van der Waals surface area contributed by atoms with E-state index in [1.165, 1.54) is 0 Å². The van der Waals surface area contributed by atoms with E-state index in [1.807, 2.05) is 46.0 Å². The minimum Gasteiger partial charge on any atom is -0.493 e. The van der Waals surface area contributed by atoms with Gasteiger partial charge in [0.15, 0.2) is 5.78 Å². The standard InChI is InChI=1S/C17H19BrN2O2/c1-5-22-16-9-7-14(18)10-13(16)6-8-15(21)17-11(2)19-20(4)12(17)3/h6-10H,5H2,1-4H3/b8-6+. The average Bonchev–Trinajstić information content (AvgIpc) is 2.72. The molecular weight excluding hydrogens is 344 g/mol. The zero-order valence-electron chi connectivity index (χ0n) is 13.2. The van der Waals surface area contributed by atoms with Gasteiger partial charge in [0.25, 0.3) is 0 Å². The lowest BCUT2D eigenvalue weighted by Crippen LogP contribution is -2.00. The minimum absolute atomic E-state index is 0.0504. The topological polar surface area (TPSA) is 44.1 Å². The predicted octanol–water partition coefficient (Wildman–Crippen LogP) is 4.09. The van der Waals surface area contributed by atoms with Crippen LogP contribution in [0.5, 0.6) is 5.75 Å². The summed E-state index contributed by atoms with van der Waals surface area (Å²) in [5.74, 6) is 0.708. The summed E-state index contributed by atoms with van der Waals surface area (Å²) in [4.78, 5) is 12.4. The lowest BCUT2D eigenvalue weighted by molar-refractivity contribution is 0.104. The van der Waals surface area contributed by atoms with Crippen LogP contribution in [0.2, 0.25) is 0 Å². The Morgan fingerprint density at radius 3 is 2.73 bits per heavy atom. The van der Waals surface area contributed by atoms with Crippen LogP contribution in [-0.2, 0) is 7.05 Å². The fourth-order valence-electron chi connectivity index (χ4n) is 2.32. The van der Waals surface area contributed by atoms with Crippen molar-refractivity contribution in [3.63, 3.8) is 0 Å². The maximum absolute atomic E-state index is 12.4. The number of aromatic nitrogens is 2. The van der Waals surface area contributed by atoms with E-state index in [0.717, 1.165) is 27.2 Å². The number of rotatable bonds is 5. The van der Waals surface area contributed by atoms with E-state index >= 15 is 0 Å². The van der Waals surface area contributed by atoms with E-state index in [2.05, 4.69) is 21.0 Å². The zero-order valence-corrected chi connectivity index (χ0v) is 14.8. The molecule has 4 nitrogen and oxygen atoms in total. The van der Waals surface area contributed by atoms with Crippen LogP contribution in [0.3, 0.4) is 0 Å². The highest BCUT2D eigenvalue weighted by Crippen LogP contribution is 2.25. The Morgan fingerprint density at radius 2 is 2.14 bits per heavy atom. The Hall–Kier alpha value is -1.88. The summed E-state index contributed by atoms with van der Waals surface area (Å²) in [5, 5.41) is 4.28. The lowest BCUT2D eigenvalue weighted by atomic mass is 10.1. The second-order valence-corrected chi connectivity index (χ2v) is 5.90. The number of aryl methyl sites for hydroxylation is 2. The molecule has 0 aliphatic rings. The van der Waals surface area contributed by atoms with Crippen LogP contribution in [0, 0.1) is 13.8 Å². The number of halogens is 1. The molecule has 0 atom stereocenters. The summed E-state index contributed by atoms with van der Waals surface area (Å²) in [6.07, 6.45) is 3.35. The van der Waals surface area contributed by atoms with Gasteiger partial charge in [-0.25, -0.2) is 0 Å². The molecule has 1 heterocycles. The molecule has 0 amide bonds. The number of ketones is 1. The van der Waals surface area contributed by atoms with Crippen LogP contribution < -0.4 is 4.74 Å². The van der Waals surface area contributed by atoms with E-state index < -0.39 is 0 Å². The van der Waals surface area contributed by atoms with Crippen molar-refractivity contribution in [2.45, 2.75) is 20.8 Å². The SMILES string of the molecule is CCOc1ccc(Br)cc1/C=C/C(=O)c1c(C)nn(C)c1C. The number of carbonyl (C=O) groups excluding carboxylic acids is 1. The molecule has 0 saturated heterocycles. The fourth-order valence-corrected chi connectivity index (χ4v) is 2.69. The fraction of sp³-hybridized carbons (Fsp3) is 0.294. The number of hydrogen-bond acceptors (Lipinski definition) is 3. The number of carbonyl (C=O) groups is 1. The van der Waals surface area contributed by atoms with Gasteiger partial charge in [-0.1, -0.05) is 15.9 Å². The lowest BCUT2D eigenvalue weighted by Gasteiger charge is -2.07. The van der Waals surface area contributed by atoms with E-state index in [1.54, 1.807) is 16.8 Å². The Balaban J connectivity index is 2.32. The number of allylic oxidation sites excluding steroid dienone is 1. The first kappa shape index (κ1) is 16.5. The molecule has 1 aromatic carbocycles. The van der Waals surface area contributed by atoms with Gasteiger partial charge in [-0.2, -0.15) is 5.10 Å². The van der Waals surface area contributed by atoms with Crippen LogP contribution in [0.4, 0.5) is 0 Å². The van der Waals surface area contributed by atoms with Gasteiger partial charge in [0.05, 0.1) is 17.9 Å². The third-order valence-corrected chi connectivity index (χ3v) is 3.93. The van der Waals surface area contributed by atoms with Gasteiger partial charge in [-0.05, 0) is 51.1 Å². The molecule has 1 aromatic heterocycles. The molecule has 0 unspecified atom stereocenters. The predicted molar refractivity (Wildman–Crippen MR) is 91.4 cm³/mol. The molecule has 5 heteroatoms. The molecule has 0 aliphatic heterocycles. The zero-order chi connectivity index (χ0) is 16.3. The summed E-state index contributed by atoms with van der Waals surface area (Å²) in [7, 11) is 1.84. The molecule has 0 aliphatic carbocycles. The average molecular weight is 363 g/mol. The van der Waals surface area contributed by atoms with Gasteiger partial charge < -0.3 is 4.74 Å². The van der Waals surface area contributed by atoms with E-state index in [-0.39, 0.29) is 5.78 Å². The first-order valence-electron chi connectivity index (χ1n) is 7.09. The van der Waals surface area contributed by atoms with Crippen LogP contribution in [0.1, 0.15) is 34.2 Å². The largest absolute Gasteiger partial charge is 0.493 e. The van der Waals surface area contributed by atoms with Crippen molar-refractivity contribution in [1.82, 2.24) is 9.78 Å². The number of hydrogen-bond donors (Lipinski definition) is 0. The van der Waals surface area contributed by atoms with Crippen molar-refractivity contribution in [1.29, 1.82) is 0 Å². The van der Waals surface area contributed by atoms with E-state index in [9.17, 15) is 4.79 Å². The number of ether oxygens (including phenoxy) is 1. The normalized spacial score (nSPS) is 11.1. The Labute approximate surface area is 138 Å². The summed E-state index contributed by atoms with van der Waals surface area (Å²) in [6, 6.07) is 5.73. The van der Waals surface area contributed by atoms with Crippen LogP contribution >= 0.6 is 15.9 Å². The highest BCUT2D eigenvalue weighted by atomic mass is 79.9. The molecule has 0 saturated carbocycles. The van der Waals surface area contributed by atoms with Gasteiger partial charge in [0.1, 0.15) is 5.75 Å². The van der Waals surface area contributed by atoms with Crippen molar-refractivity contribution >= 4 is 27.8 Å². The van der Waals surface area contributed by atoms with Crippen molar-refractivity contribution < 1.29 is 9.53 Å². The smallest absolute Gasteiger partial charge is 0.189 e. The van der Waals surface area contributed by atoms with Crippen molar-refractivity contribution in [3.8, 4) is 5.75 Å². The number of benzene rings is 1. The molecule has 22 heavy (non-hydrogen) atoms. The number of nitrogens with zero attached hydrogens (tertiary/aromatic N) is 2. The summed E-state index contributed by atoms with van der Waals surface area (Å²) in [5.41, 5.74) is 3.14. The second kappa shape index (κ2) is 6.92. The maximum atomic E-state index is 12.4. The van der Waals surface area contributed by atoms with Gasteiger partial charge in [0.2, 0.25) is 0 Å². The Kier molecular flexibility index (Phi) is 5.19. The van der Waals surface area contributed by atoms with E-state index in [4.69, 9.17) is 4.74 Å². The Morgan fingerprint density at radius 1 is 1.41 bits per heavy atom. The van der Waals surface area contributed by atoms with Crippen molar-refractivity contribution in [2.75, 3.05) is 6.61 Å². The van der Waals surface area contributed by atoms with E-state index in [0.29, 0.717) is 12.2 Å². The molecule has 0 fully saturated rings. The quantitative estimate of drug-likeness (QED) is 0.594. The highest BCUT2D eigenvalue weighted by molar-refractivity contribution is 9.10. The first-order chi connectivity index (χ1) is 10.4. The van der Waals surface area contributed by atoms with Crippen LogP contribution in [0.15, 0.2) is 28.7 Å². The highest BCUT2D eigenvalue weighted by Gasteiger charge is 2.15. The molecule has 2 rings (SSSR count). The monoisotopic (exact) mass is 362 g/mol. The van der Waals surface area contributed by atoms with Crippen molar-refractivity contribution in [3.05, 3.63) is 51.3 Å². The summed E-state index contributed by atoms with van der Waals surface area (Å²) < 4.78 is 8.25. The second-order valence-electron chi connectivity index (χ2n) is 4.98. The Bertz CT molecular complexity index is 733. The molecule has 116 valence electrons. The summed E-state index contributed by atoms with van der Waals surface area (Å²) in [6.45, 7) is 6.25.